The SMILES string of the molecule is c1ccc(-c2ccccc2-c2ccc(N(c3ccc(-c4ccccc4-c4ccccc4)cc3)c3cc(N(c4ccc(-c5ccccc5-c5ccccc5)cc4)c4ccc(-c5ccccc5-c5ccccc5)cc4)cc(N(c4ccc(-c5ccccc5-c5ccccc5)cc4)c4ccc(-c5ccccc5-c5ccccc5)cc4)c3)cc2)cc1. The predicted molar refractivity (Wildman–Crippen MR) is 496 cm³/mol. The molecule has 0 aliphatic heterocycles. The van der Waals surface area contributed by atoms with Gasteiger partial charge < -0.3 is 14.7 Å². The van der Waals surface area contributed by atoms with E-state index in [9.17, 15) is 0 Å². The highest BCUT2D eigenvalue weighted by molar-refractivity contribution is 5.96. The summed E-state index contributed by atoms with van der Waals surface area (Å²) in [7, 11) is 0. The molecular weight excluding hydrogens is 1410 g/mol. The minimum atomic E-state index is 0.941. The Morgan fingerprint density at radius 2 is 0.188 bits per heavy atom. The van der Waals surface area contributed by atoms with Crippen molar-refractivity contribution in [3.8, 4) is 134 Å². The molecule has 0 saturated carbocycles. The van der Waals surface area contributed by atoms with Crippen molar-refractivity contribution in [3.05, 3.63) is 491 Å². The van der Waals surface area contributed by atoms with Crippen LogP contribution in [0.2, 0.25) is 0 Å². The zero-order valence-corrected chi connectivity index (χ0v) is 64.6. The van der Waals surface area contributed by atoms with Crippen molar-refractivity contribution in [2.75, 3.05) is 14.7 Å². The molecule has 0 atom stereocenters. The van der Waals surface area contributed by atoms with E-state index in [1.165, 1.54) is 66.8 Å². The lowest BCUT2D eigenvalue weighted by Crippen LogP contribution is -2.16. The summed E-state index contributed by atoms with van der Waals surface area (Å²) in [4.78, 5) is 7.34. The van der Waals surface area contributed by atoms with Crippen molar-refractivity contribution in [3.63, 3.8) is 0 Å². The summed E-state index contributed by atoms with van der Waals surface area (Å²) in [6, 6.07) is 179. The van der Waals surface area contributed by atoms with Crippen molar-refractivity contribution < 1.29 is 0 Å². The first-order valence-electron chi connectivity index (χ1n) is 40.1. The first-order valence-corrected chi connectivity index (χ1v) is 40.1. The predicted octanol–water partition coefficient (Wildman–Crippen LogP) is 32.1. The number of nitrogens with zero attached hydrogens (tertiary/aromatic N) is 3. The lowest BCUT2D eigenvalue weighted by atomic mass is 9.94. The zero-order chi connectivity index (χ0) is 78.1. The van der Waals surface area contributed by atoms with E-state index in [4.69, 9.17) is 0 Å². The van der Waals surface area contributed by atoms with E-state index in [1.807, 2.05) is 0 Å². The Bertz CT molecular complexity index is 5560. The Kier molecular flexibility index (Phi) is 20.3. The van der Waals surface area contributed by atoms with Crippen LogP contribution in [0.4, 0.5) is 51.2 Å². The van der Waals surface area contributed by atoms with Crippen LogP contribution in [0.1, 0.15) is 0 Å². The van der Waals surface area contributed by atoms with Gasteiger partial charge in [-0.15, -0.1) is 0 Å². The summed E-state index contributed by atoms with van der Waals surface area (Å²) < 4.78 is 0. The highest BCUT2D eigenvalue weighted by atomic mass is 15.2. The summed E-state index contributed by atoms with van der Waals surface area (Å²) in [6.45, 7) is 0. The highest BCUT2D eigenvalue weighted by Crippen LogP contribution is 2.50. The summed E-state index contributed by atoms with van der Waals surface area (Å²) in [6.07, 6.45) is 0. The lowest BCUT2D eigenvalue weighted by molar-refractivity contribution is 1.22. The molecule has 0 aliphatic rings. The van der Waals surface area contributed by atoms with Gasteiger partial charge in [-0.3, -0.25) is 0 Å². The van der Waals surface area contributed by atoms with Crippen LogP contribution in [0, 0.1) is 0 Å². The van der Waals surface area contributed by atoms with Crippen molar-refractivity contribution in [2.45, 2.75) is 0 Å². The third-order valence-corrected chi connectivity index (χ3v) is 22.4. The monoisotopic (exact) mass is 1490 g/mol. The maximum atomic E-state index is 2.45. The summed E-state index contributed by atoms with van der Waals surface area (Å²) >= 11 is 0. The van der Waals surface area contributed by atoms with Gasteiger partial charge in [-0.1, -0.05) is 400 Å². The smallest absolute Gasteiger partial charge is 0.0503 e. The Morgan fingerprint density at radius 1 is 0.0855 bits per heavy atom. The van der Waals surface area contributed by atoms with Gasteiger partial charge in [-0.05, 0) is 225 Å². The van der Waals surface area contributed by atoms with Crippen LogP contribution in [-0.2, 0) is 0 Å². The van der Waals surface area contributed by atoms with Gasteiger partial charge >= 0.3 is 0 Å². The van der Waals surface area contributed by atoms with Gasteiger partial charge in [-0.2, -0.15) is 0 Å². The van der Waals surface area contributed by atoms with Gasteiger partial charge in [0.25, 0.3) is 0 Å². The van der Waals surface area contributed by atoms with Crippen molar-refractivity contribution in [2.24, 2.45) is 0 Å². The third-order valence-electron chi connectivity index (χ3n) is 22.4. The first kappa shape index (κ1) is 71.9. The van der Waals surface area contributed by atoms with E-state index < -0.39 is 0 Å². The van der Waals surface area contributed by atoms with Crippen LogP contribution in [0.5, 0.6) is 0 Å². The molecule has 0 N–H and O–H groups in total. The normalized spacial score (nSPS) is 11.1. The summed E-state index contributed by atoms with van der Waals surface area (Å²) in [5, 5.41) is 0. The number of benzene rings is 19. The number of hydrogen-bond donors (Lipinski definition) is 0. The summed E-state index contributed by atoms with van der Waals surface area (Å²) in [5.74, 6) is 0. The topological polar surface area (TPSA) is 9.72 Å². The van der Waals surface area contributed by atoms with Gasteiger partial charge in [0.05, 0.1) is 17.1 Å². The fourth-order valence-electron chi connectivity index (χ4n) is 16.7. The van der Waals surface area contributed by atoms with E-state index in [0.29, 0.717) is 0 Å². The second-order valence-corrected chi connectivity index (χ2v) is 29.5. The van der Waals surface area contributed by atoms with Gasteiger partial charge in [0.2, 0.25) is 0 Å². The molecular formula is C114H81N3. The van der Waals surface area contributed by atoms with E-state index in [-0.39, 0.29) is 0 Å². The van der Waals surface area contributed by atoms with Gasteiger partial charge in [0, 0.05) is 34.1 Å². The molecule has 19 aromatic rings. The van der Waals surface area contributed by atoms with Gasteiger partial charge in [0.15, 0.2) is 0 Å². The fraction of sp³-hybridized carbons (Fsp3) is 0. The van der Waals surface area contributed by atoms with Crippen LogP contribution in [0.25, 0.3) is 134 Å². The molecule has 117 heavy (non-hydrogen) atoms. The molecule has 0 spiro atoms. The second-order valence-electron chi connectivity index (χ2n) is 29.5. The van der Waals surface area contributed by atoms with Crippen LogP contribution in [-0.4, -0.2) is 0 Å². The van der Waals surface area contributed by atoms with Crippen molar-refractivity contribution in [1.29, 1.82) is 0 Å². The van der Waals surface area contributed by atoms with Crippen LogP contribution in [0.15, 0.2) is 491 Å². The molecule has 0 heterocycles. The minimum Gasteiger partial charge on any atom is -0.310 e. The molecule has 0 fully saturated rings. The molecule has 0 aromatic heterocycles. The van der Waals surface area contributed by atoms with E-state index >= 15 is 0 Å². The van der Waals surface area contributed by atoms with Crippen molar-refractivity contribution >= 4 is 51.2 Å². The lowest BCUT2D eigenvalue weighted by Gasteiger charge is -2.33. The number of anilines is 9. The largest absolute Gasteiger partial charge is 0.310 e. The summed E-state index contributed by atoms with van der Waals surface area (Å²) in [5.41, 5.74) is 36.5. The minimum absolute atomic E-state index is 0.941. The molecule has 0 amide bonds. The Labute approximate surface area is 686 Å². The fourth-order valence-corrected chi connectivity index (χ4v) is 16.7. The standard InChI is InChI=1S/C114H81N3/c1-7-31-82(32-8-1)103-43-19-25-49-109(103)88-55-67-94(68-56-88)115(95-69-57-89(58-70-95)110-50-26-20-44-104(110)83-33-9-2-10-34-83)100-79-101(116(96-71-59-90(60-72-96)111-51-27-21-45-105(111)84-35-11-3-12-36-84)97-73-61-91(62-74-97)112-52-28-22-46-106(112)85-37-13-4-14-38-85)81-102(80-100)117(98-75-63-92(64-76-98)113-53-29-23-47-107(113)86-39-15-5-16-40-86)99-77-65-93(66-78-99)114-54-30-24-48-108(114)87-41-17-6-18-42-87/h1-81H. The molecule has 19 rings (SSSR count). The molecule has 0 bridgehead atoms. The average molecular weight is 1490 g/mol. The van der Waals surface area contributed by atoms with Gasteiger partial charge in [0.1, 0.15) is 0 Å². The van der Waals surface area contributed by atoms with E-state index in [2.05, 4.69) is 506 Å². The molecule has 0 unspecified atom stereocenters. The second kappa shape index (κ2) is 33.1. The molecule has 3 heteroatoms. The third kappa shape index (κ3) is 15.1. The van der Waals surface area contributed by atoms with Gasteiger partial charge in [-0.25, -0.2) is 0 Å². The van der Waals surface area contributed by atoms with Crippen molar-refractivity contribution in [1.82, 2.24) is 0 Å². The van der Waals surface area contributed by atoms with Crippen LogP contribution < -0.4 is 14.7 Å². The van der Waals surface area contributed by atoms with Crippen LogP contribution in [0.3, 0.4) is 0 Å². The zero-order valence-electron chi connectivity index (χ0n) is 64.6. The van der Waals surface area contributed by atoms with Crippen LogP contribution >= 0.6 is 0 Å². The van der Waals surface area contributed by atoms with E-state index in [1.54, 1.807) is 0 Å². The molecule has 19 aromatic carbocycles. The molecule has 3 nitrogen and oxygen atoms in total. The molecule has 0 radical (unpaired) electrons. The number of rotatable bonds is 21. The molecule has 552 valence electrons. The molecule has 0 aliphatic carbocycles. The Balaban J connectivity index is 0.851. The highest BCUT2D eigenvalue weighted by Gasteiger charge is 2.26. The molecule has 0 saturated heterocycles. The Morgan fingerprint density at radius 3 is 0.308 bits per heavy atom. The average Bonchev–Trinajstić information content (AvgIpc) is 0.754. The maximum absolute atomic E-state index is 2.45. The van der Waals surface area contributed by atoms with E-state index in [0.717, 1.165) is 118 Å². The Hall–Kier alpha value is -15.4. The first-order chi connectivity index (χ1) is 58.0. The quantitative estimate of drug-likeness (QED) is 0.0710. The number of hydrogen-bond acceptors (Lipinski definition) is 3. The maximum Gasteiger partial charge on any atom is 0.0503 e.